The second kappa shape index (κ2) is 14.8. The molecule has 0 aliphatic rings. The molecular formula is C33H38ClN3O6. The molecule has 3 aromatic carbocycles. The third kappa shape index (κ3) is 8.65. The number of hydrogen-bond donors (Lipinski definition) is 1. The molecule has 228 valence electrons. The Hall–Kier alpha value is -4.21. The number of fused-ring (bicyclic) bond motifs is 1. The Kier molecular flexibility index (Phi) is 11.5. The highest BCUT2D eigenvalue weighted by atomic mass is 35.5. The number of carboxylic acids is 1. The van der Waals surface area contributed by atoms with Crippen molar-refractivity contribution in [2.45, 2.75) is 47.2 Å². The molecule has 0 aliphatic heterocycles. The molecule has 1 amide bonds. The number of carboxylic acid groups (broad SMARTS) is 1. The summed E-state index contributed by atoms with van der Waals surface area (Å²) in [5.74, 6) is -0.931. The number of nitrogens with zero attached hydrogens (tertiary/aromatic N) is 3. The van der Waals surface area contributed by atoms with Gasteiger partial charge in [-0.15, -0.1) is 0 Å². The van der Waals surface area contributed by atoms with Crippen LogP contribution in [0.5, 0.6) is 5.75 Å². The number of ether oxygens (including phenoxy) is 2. The van der Waals surface area contributed by atoms with Crippen molar-refractivity contribution in [1.82, 2.24) is 14.7 Å². The molecule has 0 saturated heterocycles. The van der Waals surface area contributed by atoms with Crippen molar-refractivity contribution in [1.29, 1.82) is 0 Å². The first-order valence-electron chi connectivity index (χ1n) is 13.9. The summed E-state index contributed by atoms with van der Waals surface area (Å²) in [4.78, 5) is 38.5. The monoisotopic (exact) mass is 607 g/mol. The Morgan fingerprint density at radius 2 is 1.63 bits per heavy atom. The molecule has 1 heterocycles. The second-order valence-corrected chi connectivity index (χ2v) is 11.6. The van der Waals surface area contributed by atoms with E-state index >= 15 is 0 Å². The molecule has 43 heavy (non-hydrogen) atoms. The van der Waals surface area contributed by atoms with E-state index in [2.05, 4.69) is 31.1 Å². The molecule has 1 N–H and O–H groups in total. The van der Waals surface area contributed by atoms with Crippen molar-refractivity contribution < 1.29 is 24.2 Å². The van der Waals surface area contributed by atoms with Crippen molar-refractivity contribution in [2.24, 2.45) is 5.41 Å². The number of methoxy groups -OCH3 is 1. The number of hydrogen-bond acceptors (Lipinski definition) is 6. The maximum atomic E-state index is 12.7. The third-order valence-electron chi connectivity index (χ3n) is 6.41. The number of rotatable bonds is 9. The summed E-state index contributed by atoms with van der Waals surface area (Å²) in [5.41, 5.74) is 0.562. The smallest absolute Gasteiger partial charge is 0.360 e. The largest absolute Gasteiger partial charge is 0.490 e. The molecule has 4 rings (SSSR count). The topological polar surface area (TPSA) is 111 Å². The molecule has 4 aromatic rings. The number of carbonyl (C=O) groups is 2. The average molecular weight is 608 g/mol. The number of aromatic nitrogens is 2. The van der Waals surface area contributed by atoms with Crippen molar-refractivity contribution >= 4 is 34.4 Å². The normalized spacial score (nSPS) is 11.2. The number of carbonyl (C=O) groups excluding carboxylic acids is 1. The molecular weight excluding hydrogens is 570 g/mol. The molecule has 0 bridgehead atoms. The summed E-state index contributed by atoms with van der Waals surface area (Å²) in [6.07, 6.45) is 0. The molecule has 1 aromatic heterocycles. The quantitative estimate of drug-likeness (QED) is 0.224. The summed E-state index contributed by atoms with van der Waals surface area (Å²) in [5, 5.41) is 14.1. The van der Waals surface area contributed by atoms with Crippen LogP contribution in [0.3, 0.4) is 0 Å². The Balaban J connectivity index is 0.000000259. The maximum absolute atomic E-state index is 12.7. The van der Waals surface area contributed by atoms with E-state index < -0.39 is 17.1 Å². The molecule has 0 saturated carbocycles. The van der Waals surface area contributed by atoms with Gasteiger partial charge in [0.25, 0.3) is 0 Å². The van der Waals surface area contributed by atoms with Crippen LogP contribution in [0.25, 0.3) is 16.6 Å². The lowest BCUT2D eigenvalue weighted by molar-refractivity contribution is -0.142. The average Bonchev–Trinajstić information content (AvgIpc) is 2.96. The van der Waals surface area contributed by atoms with Crippen LogP contribution in [0.2, 0.25) is 5.02 Å². The predicted octanol–water partition coefficient (Wildman–Crippen LogP) is 6.23. The van der Waals surface area contributed by atoms with Gasteiger partial charge in [0.05, 0.1) is 23.2 Å². The fraction of sp³-hybridized carbons (Fsp3) is 0.333. The van der Waals surface area contributed by atoms with Gasteiger partial charge in [-0.3, -0.25) is 9.59 Å². The fourth-order valence-electron chi connectivity index (χ4n) is 4.22. The van der Waals surface area contributed by atoms with Crippen molar-refractivity contribution in [3.05, 3.63) is 99.3 Å². The predicted molar refractivity (Wildman–Crippen MR) is 168 cm³/mol. The zero-order valence-electron chi connectivity index (χ0n) is 25.3. The van der Waals surface area contributed by atoms with Crippen molar-refractivity contribution in [3.63, 3.8) is 0 Å². The third-order valence-corrected chi connectivity index (χ3v) is 6.67. The minimum absolute atomic E-state index is 0.144. The Bertz CT molecular complexity index is 1600. The van der Waals surface area contributed by atoms with Crippen LogP contribution in [-0.2, 0) is 16.1 Å². The van der Waals surface area contributed by atoms with Gasteiger partial charge in [-0.1, -0.05) is 68.8 Å². The van der Waals surface area contributed by atoms with Crippen LogP contribution >= 0.6 is 11.6 Å². The zero-order valence-corrected chi connectivity index (χ0v) is 26.1. The minimum atomic E-state index is -1.41. The van der Waals surface area contributed by atoms with E-state index in [9.17, 15) is 19.5 Å². The highest BCUT2D eigenvalue weighted by molar-refractivity contribution is 6.30. The number of amides is 1. The van der Waals surface area contributed by atoms with Crippen LogP contribution < -0.4 is 10.2 Å². The van der Waals surface area contributed by atoms with Crippen LogP contribution in [0.4, 0.5) is 0 Å². The highest BCUT2D eigenvalue weighted by Crippen LogP contribution is 2.25. The van der Waals surface area contributed by atoms with Gasteiger partial charge < -0.3 is 19.5 Å². The van der Waals surface area contributed by atoms with Gasteiger partial charge >= 0.3 is 5.97 Å². The highest BCUT2D eigenvalue weighted by Gasteiger charge is 2.28. The first-order valence-corrected chi connectivity index (χ1v) is 14.2. The second-order valence-electron chi connectivity index (χ2n) is 11.1. The van der Waals surface area contributed by atoms with Gasteiger partial charge in [0, 0.05) is 30.1 Å². The molecule has 0 atom stereocenters. The van der Waals surface area contributed by atoms with E-state index in [-0.39, 0.29) is 35.1 Å². The zero-order chi connectivity index (χ0) is 31.7. The standard InChI is InChI=1S/C18H15ClN2O5.C15H23NO/c1-25-9-10-26-14-4-2-3-13-15(14)17(22)16(18(23)24)20-21(13)12-7-5-11(19)6-8-12;1-12(2)16(14(17)15(3,4)5)11-13-9-7-6-8-10-13/h2-8H,9-10H2,1H3,(H,23,24);6-10,12H,11H2,1-5H3. The fourth-order valence-corrected chi connectivity index (χ4v) is 4.34. The lowest BCUT2D eigenvalue weighted by Gasteiger charge is -2.32. The SMILES string of the molecule is CC(C)N(Cc1ccccc1)C(=O)C(C)(C)C.COCCOc1cccc2c1c(=O)c(C(=O)O)nn2-c1ccc(Cl)cc1. The summed E-state index contributed by atoms with van der Waals surface area (Å²) < 4.78 is 11.9. The van der Waals surface area contributed by atoms with E-state index in [4.69, 9.17) is 21.1 Å². The minimum Gasteiger partial charge on any atom is -0.490 e. The molecule has 0 spiro atoms. The van der Waals surface area contributed by atoms with E-state index in [1.807, 2.05) is 43.9 Å². The lowest BCUT2D eigenvalue weighted by Crippen LogP contribution is -2.43. The number of aromatic carboxylic acids is 1. The molecule has 0 radical (unpaired) electrons. The van der Waals surface area contributed by atoms with E-state index in [0.29, 0.717) is 29.4 Å². The van der Waals surface area contributed by atoms with Gasteiger partial charge in [0.1, 0.15) is 12.4 Å². The van der Waals surface area contributed by atoms with Gasteiger partial charge in [-0.25, -0.2) is 9.48 Å². The Labute approximate surface area is 256 Å². The van der Waals surface area contributed by atoms with E-state index in [0.717, 1.165) is 0 Å². The first-order chi connectivity index (χ1) is 20.3. The van der Waals surface area contributed by atoms with Crippen LogP contribution in [-0.4, -0.2) is 58.0 Å². The summed E-state index contributed by atoms with van der Waals surface area (Å²) in [6.45, 7) is 11.3. The van der Waals surface area contributed by atoms with Crippen LogP contribution in [0.15, 0.2) is 77.6 Å². The summed E-state index contributed by atoms with van der Waals surface area (Å²) in [7, 11) is 1.53. The number of halogens is 1. The maximum Gasteiger partial charge on any atom is 0.360 e. The van der Waals surface area contributed by atoms with Gasteiger partial charge in [0.15, 0.2) is 0 Å². The van der Waals surface area contributed by atoms with Crippen molar-refractivity contribution in [3.8, 4) is 11.4 Å². The summed E-state index contributed by atoms with van der Waals surface area (Å²) >= 11 is 5.91. The van der Waals surface area contributed by atoms with Gasteiger partial charge in [0.2, 0.25) is 17.0 Å². The molecule has 0 unspecified atom stereocenters. The van der Waals surface area contributed by atoms with Crippen molar-refractivity contribution in [2.75, 3.05) is 20.3 Å². The Morgan fingerprint density at radius 3 is 2.19 bits per heavy atom. The lowest BCUT2D eigenvalue weighted by atomic mass is 9.93. The number of benzene rings is 3. The van der Waals surface area contributed by atoms with E-state index in [1.165, 1.54) is 17.4 Å². The van der Waals surface area contributed by atoms with Gasteiger partial charge in [-0.05, 0) is 55.8 Å². The van der Waals surface area contributed by atoms with E-state index in [1.54, 1.807) is 42.5 Å². The molecule has 10 heteroatoms. The summed E-state index contributed by atoms with van der Waals surface area (Å²) in [6, 6.07) is 22.0. The van der Waals surface area contributed by atoms with Crippen LogP contribution in [0.1, 0.15) is 50.7 Å². The molecule has 0 aliphatic carbocycles. The van der Waals surface area contributed by atoms with Crippen LogP contribution in [0, 0.1) is 5.41 Å². The van der Waals surface area contributed by atoms with Gasteiger partial charge in [-0.2, -0.15) is 5.10 Å². The Morgan fingerprint density at radius 1 is 0.977 bits per heavy atom. The first kappa shape index (κ1) is 33.3. The molecule has 0 fully saturated rings. The molecule has 9 nitrogen and oxygen atoms in total.